The van der Waals surface area contributed by atoms with Crippen molar-refractivity contribution >= 4 is 35.0 Å². The van der Waals surface area contributed by atoms with Crippen LogP contribution in [0.2, 0.25) is 0 Å². The van der Waals surface area contributed by atoms with Gasteiger partial charge in [0.15, 0.2) is 11.4 Å². The van der Waals surface area contributed by atoms with Crippen molar-refractivity contribution in [1.29, 1.82) is 0 Å². The van der Waals surface area contributed by atoms with Gasteiger partial charge in [0.25, 0.3) is 0 Å². The largest absolute Gasteiger partial charge is 0.461 e. The Morgan fingerprint density at radius 2 is 1.67 bits per heavy atom. The van der Waals surface area contributed by atoms with Crippen LogP contribution in [0.3, 0.4) is 0 Å². The maximum atomic E-state index is 14.5. The first-order valence-corrected chi connectivity index (χ1v) is 18.3. The van der Waals surface area contributed by atoms with Gasteiger partial charge in [-0.05, 0) is 77.5 Å². The van der Waals surface area contributed by atoms with E-state index >= 15 is 0 Å². The zero-order valence-electron chi connectivity index (χ0n) is 30.2. The Bertz CT molecular complexity index is 1780. The van der Waals surface area contributed by atoms with E-state index in [-0.39, 0.29) is 30.6 Å². The number of carbonyl (C=O) groups excluding carboxylic acids is 4. The van der Waals surface area contributed by atoms with E-state index in [0.29, 0.717) is 4.88 Å². The van der Waals surface area contributed by atoms with E-state index < -0.39 is 93.1 Å². The predicted octanol–water partition coefficient (Wildman–Crippen LogP) is 4.95. The lowest BCUT2D eigenvalue weighted by molar-refractivity contribution is -0.264. The first-order valence-electron chi connectivity index (χ1n) is 17.4. The number of ether oxygens (including phenoxy) is 3. The lowest BCUT2D eigenvalue weighted by Gasteiger charge is -2.63. The van der Waals surface area contributed by atoms with Gasteiger partial charge in [0.1, 0.15) is 29.3 Å². The molecule has 11 atom stereocenters. The zero-order chi connectivity index (χ0) is 37.5. The number of fused-ring (bicyclic) bond motifs is 5. The van der Waals surface area contributed by atoms with Gasteiger partial charge in [-0.25, -0.2) is 4.79 Å². The number of rotatable bonds is 9. The van der Waals surface area contributed by atoms with Gasteiger partial charge in [-0.2, -0.15) is 0 Å². The average Bonchev–Trinajstić information content (AvgIpc) is 3.40. The Morgan fingerprint density at radius 1 is 1.02 bits per heavy atom. The molecular formula is C40H48O10S. The molecule has 274 valence electrons. The average molecular weight is 721 g/mol. The van der Waals surface area contributed by atoms with Crippen molar-refractivity contribution in [3.05, 3.63) is 82.1 Å². The van der Waals surface area contributed by atoms with E-state index in [1.165, 1.54) is 25.2 Å². The van der Waals surface area contributed by atoms with E-state index in [9.17, 15) is 34.5 Å². The molecule has 0 unspecified atom stereocenters. The number of hydrogen-bond acceptors (Lipinski definition) is 11. The minimum atomic E-state index is -2.37. The molecular weight excluding hydrogens is 672 g/mol. The van der Waals surface area contributed by atoms with Crippen molar-refractivity contribution in [2.45, 2.75) is 96.2 Å². The summed E-state index contributed by atoms with van der Waals surface area (Å²) in [6.45, 7) is 15.2. The third-order valence-electron chi connectivity index (χ3n) is 12.6. The second kappa shape index (κ2) is 12.5. The number of Topliss-reactive ketones (excluding diaryl/α,β-unsaturated/α-hetero) is 1. The van der Waals surface area contributed by atoms with E-state index in [1.54, 1.807) is 37.4 Å². The number of esters is 3. The Balaban J connectivity index is 1.65. The standard InChI is InChI=1S/C40H48O10S/c1-21(2)39(46)32(44)30-27-18-37(27,20-48-34(45)28-15-12-16-51-28)35(50-25(6)42)40(47)29(17-22(3)31(40)43)38(30,23(4)33(39)49-24(5)41)19-36(7,8)26-13-10-9-11-14-26/h9-17,23,27,29-30,32-33,35,44,46-47H,1,18-20H2,2-8H3/t23-,27+,29+,30+,32-,33-,35-,37-,38-,39-,40-/m1/s1. The third-order valence-corrected chi connectivity index (χ3v) is 13.5. The summed E-state index contributed by atoms with van der Waals surface area (Å²) < 4.78 is 17.9. The predicted molar refractivity (Wildman–Crippen MR) is 188 cm³/mol. The highest BCUT2D eigenvalue weighted by molar-refractivity contribution is 7.11. The van der Waals surface area contributed by atoms with Crippen LogP contribution in [0.1, 0.15) is 76.5 Å². The van der Waals surface area contributed by atoms with E-state index in [1.807, 2.05) is 51.1 Å². The maximum absolute atomic E-state index is 14.5. The Hall–Kier alpha value is -3.64. The lowest BCUT2D eigenvalue weighted by atomic mass is 9.43. The Labute approximate surface area is 302 Å². The summed E-state index contributed by atoms with van der Waals surface area (Å²) in [6.07, 6.45) is -2.32. The molecule has 1 heterocycles. The fourth-order valence-corrected chi connectivity index (χ4v) is 11.0. The molecule has 10 nitrogen and oxygen atoms in total. The van der Waals surface area contributed by atoms with Crippen molar-refractivity contribution in [1.82, 2.24) is 0 Å². The summed E-state index contributed by atoms with van der Waals surface area (Å²) >= 11 is 1.20. The molecule has 11 heteroatoms. The lowest BCUT2D eigenvalue weighted by Crippen LogP contribution is -2.73. The van der Waals surface area contributed by atoms with Crippen LogP contribution in [-0.4, -0.2) is 75.1 Å². The van der Waals surface area contributed by atoms with Crippen LogP contribution in [0, 0.1) is 34.5 Å². The summed E-state index contributed by atoms with van der Waals surface area (Å²) in [5.74, 6) is -6.14. The van der Waals surface area contributed by atoms with Crippen LogP contribution in [0.4, 0.5) is 0 Å². The molecule has 1 aromatic carbocycles. The van der Waals surface area contributed by atoms with Gasteiger partial charge in [0, 0.05) is 31.1 Å². The van der Waals surface area contributed by atoms with Crippen molar-refractivity contribution < 1.29 is 48.7 Å². The van der Waals surface area contributed by atoms with Gasteiger partial charge in [-0.3, -0.25) is 14.4 Å². The molecule has 4 aliphatic rings. The summed E-state index contributed by atoms with van der Waals surface area (Å²) in [4.78, 5) is 53.9. The van der Waals surface area contributed by atoms with Crippen LogP contribution in [0.5, 0.6) is 0 Å². The summed E-state index contributed by atoms with van der Waals surface area (Å²) in [6, 6.07) is 13.1. The smallest absolute Gasteiger partial charge is 0.348 e. The molecule has 0 aliphatic heterocycles. The van der Waals surface area contributed by atoms with Crippen molar-refractivity contribution in [3.8, 4) is 0 Å². The van der Waals surface area contributed by atoms with Crippen LogP contribution >= 0.6 is 11.3 Å². The topological polar surface area (TPSA) is 157 Å². The highest BCUT2D eigenvalue weighted by atomic mass is 32.1. The maximum Gasteiger partial charge on any atom is 0.348 e. The normalized spacial score (nSPS) is 38.3. The van der Waals surface area contributed by atoms with E-state index in [4.69, 9.17) is 14.2 Å². The molecule has 4 aliphatic carbocycles. The fourth-order valence-electron chi connectivity index (χ4n) is 10.4. The first kappa shape index (κ1) is 37.1. The molecule has 6 rings (SSSR count). The molecule has 3 fully saturated rings. The van der Waals surface area contributed by atoms with Crippen LogP contribution in [-0.2, 0) is 34.0 Å². The molecule has 0 saturated heterocycles. The summed E-state index contributed by atoms with van der Waals surface area (Å²) in [5, 5.41) is 40.4. The van der Waals surface area contributed by atoms with Crippen molar-refractivity contribution in [2.75, 3.05) is 6.61 Å². The van der Waals surface area contributed by atoms with Crippen molar-refractivity contribution in [3.63, 3.8) is 0 Å². The number of carbonyl (C=O) groups is 4. The van der Waals surface area contributed by atoms with Gasteiger partial charge in [-0.15, -0.1) is 11.3 Å². The second-order valence-corrected chi connectivity index (χ2v) is 17.0. The molecule has 3 N–H and O–H groups in total. The van der Waals surface area contributed by atoms with Crippen LogP contribution in [0.15, 0.2) is 71.6 Å². The summed E-state index contributed by atoms with van der Waals surface area (Å²) in [7, 11) is 0. The number of thiophene rings is 1. The highest BCUT2D eigenvalue weighted by Gasteiger charge is 2.84. The zero-order valence-corrected chi connectivity index (χ0v) is 31.0. The minimum Gasteiger partial charge on any atom is -0.461 e. The Kier molecular flexibility index (Phi) is 9.10. The van der Waals surface area contributed by atoms with E-state index in [2.05, 4.69) is 6.58 Å². The third kappa shape index (κ3) is 5.37. The van der Waals surface area contributed by atoms with Crippen LogP contribution < -0.4 is 0 Å². The number of ketones is 1. The number of aliphatic hydroxyl groups excluding tert-OH is 1. The number of hydrogen-bond donors (Lipinski definition) is 3. The van der Waals surface area contributed by atoms with Gasteiger partial charge >= 0.3 is 17.9 Å². The molecule has 0 bridgehead atoms. The number of benzene rings is 1. The van der Waals surface area contributed by atoms with Gasteiger partial charge in [0.05, 0.1) is 6.10 Å². The van der Waals surface area contributed by atoms with Crippen LogP contribution in [0.25, 0.3) is 0 Å². The van der Waals surface area contributed by atoms with Gasteiger partial charge < -0.3 is 29.5 Å². The molecule has 0 amide bonds. The van der Waals surface area contributed by atoms with Crippen molar-refractivity contribution in [2.24, 2.45) is 34.5 Å². The number of aliphatic hydroxyl groups is 3. The summed E-state index contributed by atoms with van der Waals surface area (Å²) in [5.41, 5.74) is -6.43. The highest BCUT2D eigenvalue weighted by Crippen LogP contribution is 2.77. The minimum absolute atomic E-state index is 0.171. The van der Waals surface area contributed by atoms with Gasteiger partial charge in [0.2, 0.25) is 0 Å². The molecule has 3 saturated carbocycles. The fraction of sp³-hybridized carbons (Fsp3) is 0.550. The monoisotopic (exact) mass is 720 g/mol. The van der Waals surface area contributed by atoms with Gasteiger partial charge in [-0.1, -0.05) is 69.8 Å². The molecule has 0 spiro atoms. The molecule has 2 aromatic rings. The first-order chi connectivity index (χ1) is 23.8. The van der Waals surface area contributed by atoms with E-state index in [0.717, 1.165) is 5.56 Å². The second-order valence-electron chi connectivity index (χ2n) is 16.0. The molecule has 0 radical (unpaired) electrons. The quantitative estimate of drug-likeness (QED) is 0.184. The molecule has 51 heavy (non-hydrogen) atoms. The SMILES string of the molecule is C=C(C)[C@@]1(O)[C@H](O)[C@@H]2[C@@H]3C[C@]3(COC(=O)c3cccs3)[C@@H](OC(C)=O)[C@]3(O)C(=O)C(C)=C[C@H]3[C@@]2(CC(C)(C)c2ccccc2)[C@H](C)[C@H]1OC(C)=O. The Morgan fingerprint density at radius 3 is 2.24 bits per heavy atom. The molecule has 1 aromatic heterocycles.